The van der Waals surface area contributed by atoms with Crippen molar-refractivity contribution in [3.05, 3.63) is 94.2 Å². The Morgan fingerprint density at radius 1 is 0.647 bits per heavy atom. The Kier molecular flexibility index (Phi) is 7.38. The van der Waals surface area contributed by atoms with Gasteiger partial charge in [-0.15, -0.1) is 0 Å². The van der Waals surface area contributed by atoms with Gasteiger partial charge in [-0.05, 0) is 36.4 Å². The molecule has 9 heteroatoms. The van der Waals surface area contributed by atoms with Crippen LogP contribution >= 0.6 is 23.2 Å². The van der Waals surface area contributed by atoms with E-state index in [2.05, 4.69) is 9.97 Å². The second-order valence-corrected chi connectivity index (χ2v) is 10.9. The van der Waals surface area contributed by atoms with E-state index in [0.717, 1.165) is 0 Å². The van der Waals surface area contributed by atoms with Crippen LogP contribution in [0.25, 0.3) is 22.5 Å². The highest BCUT2D eigenvalue weighted by atomic mass is 35.5. The van der Waals surface area contributed by atoms with Crippen LogP contribution in [0.1, 0.15) is 15.9 Å². The molecule has 0 spiro atoms. The highest BCUT2D eigenvalue weighted by molar-refractivity contribution is 7.84. The molecule has 2 aromatic heterocycles. The van der Waals surface area contributed by atoms with Crippen LogP contribution in [0.15, 0.2) is 82.8 Å². The number of ketones is 1. The normalized spacial score (nSPS) is 12.8. The van der Waals surface area contributed by atoms with Gasteiger partial charge in [0.2, 0.25) is 0 Å². The molecular weight excluding hydrogens is 511 g/mol. The maximum Gasteiger partial charge on any atom is 0.199 e. The van der Waals surface area contributed by atoms with Crippen molar-refractivity contribution < 1.29 is 13.2 Å². The smallest absolute Gasteiger partial charge is 0.199 e. The summed E-state index contributed by atoms with van der Waals surface area (Å²) in [5, 5.41) is 1.07. The second-order valence-electron chi connectivity index (χ2n) is 7.32. The third-order valence-electron chi connectivity index (χ3n) is 5.13. The first-order valence-corrected chi connectivity index (χ1v) is 13.9. The van der Waals surface area contributed by atoms with E-state index < -0.39 is 27.4 Å². The number of hydrogen-bond acceptors (Lipinski definition) is 5. The summed E-state index contributed by atoms with van der Waals surface area (Å²) >= 11 is 12.1. The molecule has 0 bridgehead atoms. The van der Waals surface area contributed by atoms with E-state index in [4.69, 9.17) is 23.2 Å². The monoisotopic (exact) mass is 528 g/mol. The van der Waals surface area contributed by atoms with Gasteiger partial charge in [0.1, 0.15) is 0 Å². The number of carbonyl (C=O) groups excluding carboxylic acids is 1. The number of halogens is 2. The van der Waals surface area contributed by atoms with Crippen LogP contribution in [0, 0.1) is 0 Å². The van der Waals surface area contributed by atoms with Gasteiger partial charge in [-0.2, -0.15) is 0 Å². The van der Waals surface area contributed by atoms with Gasteiger partial charge in [0.05, 0.1) is 53.9 Å². The van der Waals surface area contributed by atoms with Gasteiger partial charge < -0.3 is 0 Å². The van der Waals surface area contributed by atoms with Gasteiger partial charge in [0.25, 0.3) is 0 Å². The average molecular weight is 529 g/mol. The number of hydrogen-bond donors (Lipinski definition) is 0. The Labute approximate surface area is 212 Å². The van der Waals surface area contributed by atoms with Crippen LogP contribution in [0.4, 0.5) is 0 Å². The lowest BCUT2D eigenvalue weighted by molar-refractivity contribution is 0.103. The quantitative estimate of drug-likeness (QED) is 0.294. The third kappa shape index (κ3) is 4.88. The van der Waals surface area contributed by atoms with Gasteiger partial charge in [0, 0.05) is 46.1 Å². The van der Waals surface area contributed by atoms with Crippen molar-refractivity contribution in [2.24, 2.45) is 0 Å². The fraction of sp³-hybridized carbons (Fsp3) is 0.0800. The lowest BCUT2D eigenvalue weighted by atomic mass is 9.95. The van der Waals surface area contributed by atoms with Crippen LogP contribution in [0.5, 0.6) is 0 Å². The van der Waals surface area contributed by atoms with Crippen molar-refractivity contribution in [1.82, 2.24) is 9.97 Å². The number of nitrogens with zero attached hydrogens (tertiary/aromatic N) is 2. The Balaban J connectivity index is 2.03. The lowest BCUT2D eigenvalue weighted by Gasteiger charge is -2.16. The number of carbonyl (C=O) groups is 1. The molecular formula is C25H18Cl2N2O3S2. The average Bonchev–Trinajstić information content (AvgIpc) is 2.83. The summed E-state index contributed by atoms with van der Waals surface area (Å²) in [5.74, 6) is -0.466. The molecule has 34 heavy (non-hydrogen) atoms. The molecule has 2 unspecified atom stereocenters. The molecule has 2 heterocycles. The molecule has 0 saturated heterocycles. The summed E-state index contributed by atoms with van der Waals surface area (Å²) < 4.78 is 25.3. The molecule has 0 fully saturated rings. The van der Waals surface area contributed by atoms with Gasteiger partial charge in [-0.25, -0.2) is 0 Å². The van der Waals surface area contributed by atoms with E-state index in [0.29, 0.717) is 42.4 Å². The van der Waals surface area contributed by atoms with Crippen molar-refractivity contribution >= 4 is 50.6 Å². The third-order valence-corrected chi connectivity index (χ3v) is 7.56. The molecule has 4 aromatic rings. The van der Waals surface area contributed by atoms with Crippen molar-refractivity contribution in [3.8, 4) is 22.5 Å². The van der Waals surface area contributed by atoms with Crippen LogP contribution in [-0.4, -0.2) is 36.7 Å². The molecule has 0 N–H and O–H groups in total. The summed E-state index contributed by atoms with van der Waals surface area (Å²) in [6, 6.07) is 16.9. The van der Waals surface area contributed by atoms with E-state index >= 15 is 0 Å². The maximum absolute atomic E-state index is 14.2. The number of aromatic nitrogens is 2. The first-order valence-electron chi connectivity index (χ1n) is 9.99. The first-order chi connectivity index (χ1) is 16.3. The SMILES string of the molecule is CS(=O)c1ccnc(-c2ccc(Cl)cc2)c1C(=O)c1c(S(C)=O)ccnc1-c1ccc(Cl)cc1. The fourth-order valence-electron chi connectivity index (χ4n) is 3.58. The van der Waals surface area contributed by atoms with Gasteiger partial charge in [0.15, 0.2) is 5.78 Å². The molecule has 0 radical (unpaired) electrons. The van der Waals surface area contributed by atoms with Crippen molar-refractivity contribution in [3.63, 3.8) is 0 Å². The fourth-order valence-corrected chi connectivity index (χ4v) is 5.30. The molecule has 172 valence electrons. The molecule has 0 aliphatic rings. The van der Waals surface area contributed by atoms with Crippen molar-refractivity contribution in [2.45, 2.75) is 9.79 Å². The van der Waals surface area contributed by atoms with Crippen LogP contribution in [-0.2, 0) is 21.6 Å². The zero-order valence-corrected chi connectivity index (χ0v) is 21.3. The molecule has 0 saturated carbocycles. The zero-order chi connectivity index (χ0) is 24.4. The van der Waals surface area contributed by atoms with E-state index in [1.165, 1.54) is 24.9 Å². The predicted octanol–water partition coefficient (Wildman–Crippen LogP) is 5.82. The molecule has 2 atom stereocenters. The summed E-state index contributed by atoms with van der Waals surface area (Å²) in [7, 11) is -2.99. The molecule has 4 rings (SSSR count). The Morgan fingerprint density at radius 3 is 1.32 bits per heavy atom. The number of benzene rings is 2. The highest BCUT2D eigenvalue weighted by Gasteiger charge is 2.28. The van der Waals surface area contributed by atoms with Crippen molar-refractivity contribution in [1.29, 1.82) is 0 Å². The van der Waals surface area contributed by atoms with Gasteiger partial charge in [-0.1, -0.05) is 47.5 Å². The van der Waals surface area contributed by atoms with Crippen LogP contribution in [0.3, 0.4) is 0 Å². The lowest BCUT2D eigenvalue weighted by Crippen LogP contribution is -2.14. The molecule has 0 aliphatic carbocycles. The highest BCUT2D eigenvalue weighted by Crippen LogP contribution is 2.34. The maximum atomic E-state index is 14.2. The summed E-state index contributed by atoms with van der Waals surface area (Å²) in [5.41, 5.74) is 2.31. The topological polar surface area (TPSA) is 77.0 Å². The van der Waals surface area contributed by atoms with E-state index in [1.54, 1.807) is 60.7 Å². The summed E-state index contributed by atoms with van der Waals surface area (Å²) in [4.78, 5) is 23.8. The predicted molar refractivity (Wildman–Crippen MR) is 137 cm³/mol. The van der Waals surface area contributed by atoms with Gasteiger partial charge in [-0.3, -0.25) is 23.2 Å². The van der Waals surface area contributed by atoms with E-state index in [1.807, 2.05) is 0 Å². The summed E-state index contributed by atoms with van der Waals surface area (Å²) in [6.45, 7) is 0. The first kappa shape index (κ1) is 24.4. The minimum atomic E-state index is -1.50. The standard InChI is InChI=1S/C25H18Cl2N2O3S2/c1-33(31)19-11-13-28-23(15-3-7-17(26)8-4-15)21(19)25(30)22-20(34(2)32)12-14-29-24(22)16-5-9-18(27)10-6-16/h3-14H,1-2H3. The summed E-state index contributed by atoms with van der Waals surface area (Å²) in [6.07, 6.45) is 6.03. The van der Waals surface area contributed by atoms with Crippen molar-refractivity contribution in [2.75, 3.05) is 12.5 Å². The Bertz CT molecular complexity index is 1330. The zero-order valence-electron chi connectivity index (χ0n) is 18.1. The molecule has 0 aliphatic heterocycles. The minimum absolute atomic E-state index is 0.167. The molecule has 5 nitrogen and oxygen atoms in total. The second kappa shape index (κ2) is 10.3. The Morgan fingerprint density at radius 2 is 1.00 bits per heavy atom. The molecule has 0 amide bonds. The minimum Gasteiger partial charge on any atom is -0.288 e. The van der Waals surface area contributed by atoms with E-state index in [9.17, 15) is 13.2 Å². The molecule has 2 aromatic carbocycles. The van der Waals surface area contributed by atoms with E-state index in [-0.39, 0.29) is 11.1 Å². The number of pyridine rings is 2. The Hall–Kier alpha value is -2.71. The van der Waals surface area contributed by atoms with Gasteiger partial charge >= 0.3 is 0 Å². The van der Waals surface area contributed by atoms with Crippen LogP contribution in [0.2, 0.25) is 10.0 Å². The number of rotatable bonds is 6. The van der Waals surface area contributed by atoms with Crippen LogP contribution < -0.4 is 0 Å². The largest absolute Gasteiger partial charge is 0.288 e.